The van der Waals surface area contributed by atoms with E-state index in [4.69, 9.17) is 4.98 Å². The van der Waals surface area contributed by atoms with Gasteiger partial charge in [0.05, 0.1) is 0 Å². The van der Waals surface area contributed by atoms with Crippen LogP contribution in [-0.4, -0.2) is 62.1 Å². The van der Waals surface area contributed by atoms with Crippen LogP contribution in [-0.2, 0) is 4.79 Å². The molecule has 188 valence electrons. The fraction of sp³-hybridized carbons (Fsp3) is 0.538. The average molecular weight is 489 g/mol. The predicted molar refractivity (Wildman–Crippen MR) is 136 cm³/mol. The monoisotopic (exact) mass is 488 g/mol. The number of carbonyl (C=O) groups excluding carboxylic acids is 2. The maximum absolute atomic E-state index is 12.9. The molecule has 3 aliphatic rings. The van der Waals surface area contributed by atoms with E-state index in [1.807, 2.05) is 18.2 Å². The minimum Gasteiger partial charge on any atom is -0.343 e. The normalized spacial score (nSPS) is 22.3. The third kappa shape index (κ3) is 4.18. The second-order valence-electron chi connectivity index (χ2n) is 10.7. The molecule has 2 atom stereocenters. The zero-order valence-electron chi connectivity index (χ0n) is 20.9. The SMILES string of the molecule is CN(C)C(=O)c1cc2cnc(Nc3ccc(N4CC5CCC(CC4=O)C5)nn3)nc2n1C1CCCC1. The van der Waals surface area contributed by atoms with Crippen molar-refractivity contribution in [2.24, 2.45) is 11.8 Å². The summed E-state index contributed by atoms with van der Waals surface area (Å²) in [6.45, 7) is 0.725. The Kier molecular flexibility index (Phi) is 5.81. The van der Waals surface area contributed by atoms with E-state index < -0.39 is 0 Å². The second-order valence-corrected chi connectivity index (χ2v) is 10.7. The third-order valence-corrected chi connectivity index (χ3v) is 7.91. The van der Waals surface area contributed by atoms with Crippen molar-refractivity contribution in [3.05, 3.63) is 30.1 Å². The molecule has 10 heteroatoms. The first-order valence-corrected chi connectivity index (χ1v) is 13.0. The van der Waals surface area contributed by atoms with Crippen molar-refractivity contribution in [1.29, 1.82) is 0 Å². The Morgan fingerprint density at radius 1 is 1.08 bits per heavy atom. The van der Waals surface area contributed by atoms with Gasteiger partial charge in [0, 0.05) is 44.7 Å². The lowest BCUT2D eigenvalue weighted by atomic mass is 10.0. The van der Waals surface area contributed by atoms with Crippen LogP contribution in [0, 0.1) is 11.8 Å². The van der Waals surface area contributed by atoms with Gasteiger partial charge in [-0.1, -0.05) is 12.8 Å². The lowest BCUT2D eigenvalue weighted by Crippen LogP contribution is -2.34. The van der Waals surface area contributed by atoms with Crippen LogP contribution in [0.3, 0.4) is 0 Å². The van der Waals surface area contributed by atoms with E-state index in [1.165, 1.54) is 6.42 Å². The molecule has 2 bridgehead atoms. The number of nitrogens with one attached hydrogen (secondary N) is 1. The molecule has 0 radical (unpaired) electrons. The van der Waals surface area contributed by atoms with E-state index in [0.29, 0.717) is 41.5 Å². The maximum Gasteiger partial charge on any atom is 0.270 e. The molecule has 0 spiro atoms. The highest BCUT2D eigenvalue weighted by Gasteiger charge is 2.35. The van der Waals surface area contributed by atoms with Crippen LogP contribution < -0.4 is 10.2 Å². The van der Waals surface area contributed by atoms with Gasteiger partial charge in [0.25, 0.3) is 5.91 Å². The molecule has 10 nitrogen and oxygen atoms in total. The van der Waals surface area contributed by atoms with Gasteiger partial charge in [-0.15, -0.1) is 10.2 Å². The Bertz CT molecular complexity index is 1300. The van der Waals surface area contributed by atoms with E-state index in [1.54, 1.807) is 30.1 Å². The molecular weight excluding hydrogens is 456 g/mol. The summed E-state index contributed by atoms with van der Waals surface area (Å²) in [5.41, 5.74) is 1.40. The van der Waals surface area contributed by atoms with Crippen molar-refractivity contribution in [3.8, 4) is 0 Å². The summed E-state index contributed by atoms with van der Waals surface area (Å²) in [6, 6.07) is 5.78. The number of anilines is 3. The van der Waals surface area contributed by atoms with Crippen LogP contribution >= 0.6 is 0 Å². The fourth-order valence-electron chi connectivity index (χ4n) is 6.11. The first-order valence-electron chi connectivity index (χ1n) is 13.0. The van der Waals surface area contributed by atoms with E-state index in [2.05, 4.69) is 25.1 Å². The minimum atomic E-state index is -0.0351. The van der Waals surface area contributed by atoms with Gasteiger partial charge in [-0.3, -0.25) is 14.5 Å². The average Bonchev–Trinajstić information content (AvgIpc) is 3.59. The second kappa shape index (κ2) is 9.15. The zero-order valence-corrected chi connectivity index (χ0v) is 20.9. The molecule has 0 aromatic carbocycles. The first-order chi connectivity index (χ1) is 17.5. The maximum atomic E-state index is 12.9. The summed E-state index contributed by atoms with van der Waals surface area (Å²) < 4.78 is 2.09. The Morgan fingerprint density at radius 3 is 2.64 bits per heavy atom. The summed E-state index contributed by atoms with van der Waals surface area (Å²) in [5.74, 6) is 2.68. The number of nitrogens with zero attached hydrogens (tertiary/aromatic N) is 7. The van der Waals surface area contributed by atoms with E-state index in [9.17, 15) is 9.59 Å². The van der Waals surface area contributed by atoms with Gasteiger partial charge in [-0.2, -0.15) is 4.98 Å². The molecule has 2 unspecified atom stereocenters. The Hall–Kier alpha value is -3.56. The quantitative estimate of drug-likeness (QED) is 0.579. The smallest absolute Gasteiger partial charge is 0.270 e. The number of aromatic nitrogens is 5. The Balaban J connectivity index is 1.26. The third-order valence-electron chi connectivity index (χ3n) is 7.91. The van der Waals surface area contributed by atoms with E-state index in [-0.39, 0.29) is 17.9 Å². The van der Waals surface area contributed by atoms with Gasteiger partial charge in [0.1, 0.15) is 11.3 Å². The summed E-state index contributed by atoms with van der Waals surface area (Å²) in [7, 11) is 3.54. The molecule has 3 aromatic heterocycles. The van der Waals surface area contributed by atoms with Crippen LogP contribution in [0.1, 0.15) is 67.9 Å². The van der Waals surface area contributed by atoms with E-state index in [0.717, 1.165) is 56.1 Å². The molecule has 1 saturated heterocycles. The highest BCUT2D eigenvalue weighted by molar-refractivity contribution is 5.98. The van der Waals surface area contributed by atoms with Crippen LogP contribution in [0.2, 0.25) is 0 Å². The van der Waals surface area contributed by atoms with Crippen LogP contribution in [0.15, 0.2) is 24.4 Å². The molecular formula is C26H32N8O2. The van der Waals surface area contributed by atoms with Gasteiger partial charge in [0.2, 0.25) is 11.9 Å². The summed E-state index contributed by atoms with van der Waals surface area (Å²) in [6.07, 6.45) is 10.2. The molecule has 3 aromatic rings. The summed E-state index contributed by atoms with van der Waals surface area (Å²) >= 11 is 0. The molecule has 3 fully saturated rings. The molecule has 1 aliphatic heterocycles. The standard InChI is InChI=1S/C26H32N8O2/c1-32(2)25(36)20-13-18-14-27-26(29-24(18)34(20)19-5-3-4-6-19)28-21-9-10-22(31-30-21)33-15-17-8-7-16(11-17)12-23(33)35/h9-10,13-14,16-17,19H,3-8,11-12,15H2,1-2H3,(H,27,28,29,30). The zero-order chi connectivity index (χ0) is 24.8. The number of carbonyl (C=O) groups is 2. The number of rotatable bonds is 5. The highest BCUT2D eigenvalue weighted by atomic mass is 16.2. The van der Waals surface area contributed by atoms with Gasteiger partial charge in [-0.05, 0) is 62.1 Å². The molecule has 2 saturated carbocycles. The lowest BCUT2D eigenvalue weighted by molar-refractivity contribution is -0.119. The van der Waals surface area contributed by atoms with Crippen LogP contribution in [0.5, 0.6) is 0 Å². The molecule has 2 amide bonds. The van der Waals surface area contributed by atoms with Crippen molar-refractivity contribution in [3.63, 3.8) is 0 Å². The number of fused-ring (bicyclic) bond motifs is 3. The van der Waals surface area contributed by atoms with Crippen molar-refractivity contribution in [2.45, 2.75) is 57.4 Å². The van der Waals surface area contributed by atoms with Crippen molar-refractivity contribution < 1.29 is 9.59 Å². The fourth-order valence-corrected chi connectivity index (χ4v) is 6.11. The van der Waals surface area contributed by atoms with Gasteiger partial charge < -0.3 is 14.8 Å². The number of hydrogen-bond acceptors (Lipinski definition) is 7. The van der Waals surface area contributed by atoms with Crippen molar-refractivity contribution in [2.75, 3.05) is 30.9 Å². The predicted octanol–water partition coefficient (Wildman–Crippen LogP) is 3.93. The summed E-state index contributed by atoms with van der Waals surface area (Å²) in [5, 5.41) is 12.6. The first kappa shape index (κ1) is 22.9. The molecule has 36 heavy (non-hydrogen) atoms. The van der Waals surface area contributed by atoms with Crippen LogP contribution in [0.4, 0.5) is 17.6 Å². The number of amides is 2. The topological polar surface area (TPSA) is 109 Å². The largest absolute Gasteiger partial charge is 0.343 e. The minimum absolute atomic E-state index is 0.0351. The molecule has 4 heterocycles. The molecule has 6 rings (SSSR count). The summed E-state index contributed by atoms with van der Waals surface area (Å²) in [4.78, 5) is 38.3. The van der Waals surface area contributed by atoms with Crippen molar-refractivity contribution in [1.82, 2.24) is 29.6 Å². The van der Waals surface area contributed by atoms with Gasteiger partial charge >= 0.3 is 0 Å². The Morgan fingerprint density at radius 2 is 1.89 bits per heavy atom. The van der Waals surface area contributed by atoms with Crippen molar-refractivity contribution >= 4 is 40.4 Å². The molecule has 1 N–H and O–H groups in total. The lowest BCUT2D eigenvalue weighted by Gasteiger charge is -2.23. The van der Waals surface area contributed by atoms with Crippen LogP contribution in [0.25, 0.3) is 11.0 Å². The number of hydrogen-bond donors (Lipinski definition) is 1. The van der Waals surface area contributed by atoms with Gasteiger partial charge in [-0.25, -0.2) is 4.98 Å². The van der Waals surface area contributed by atoms with E-state index >= 15 is 0 Å². The van der Waals surface area contributed by atoms with Gasteiger partial charge in [0.15, 0.2) is 11.6 Å². The Labute approximate surface area is 210 Å². The highest BCUT2D eigenvalue weighted by Crippen LogP contribution is 2.38. The molecule has 2 aliphatic carbocycles.